The van der Waals surface area contributed by atoms with Crippen LogP contribution in [0.1, 0.15) is 42.3 Å². The van der Waals surface area contributed by atoms with Crippen LogP contribution in [-0.4, -0.2) is 57.8 Å². The average Bonchev–Trinajstić information content (AvgIpc) is 3.20. The summed E-state index contributed by atoms with van der Waals surface area (Å²) in [6.45, 7) is 5.25. The highest BCUT2D eigenvalue weighted by Crippen LogP contribution is 2.34. The summed E-state index contributed by atoms with van der Waals surface area (Å²) in [7, 11) is 1.50. The number of phenolic OH excluding ortho intramolecular Hbond substituents is 1. The number of nitrogens with one attached hydrogen (secondary N) is 3. The molecule has 1 aliphatic heterocycles. The Labute approximate surface area is 237 Å². The molecule has 1 aromatic heterocycles. The number of phenols is 1. The molecule has 0 fully saturated rings. The summed E-state index contributed by atoms with van der Waals surface area (Å²) < 4.78 is 5.52. The van der Waals surface area contributed by atoms with Gasteiger partial charge in [0.15, 0.2) is 0 Å². The number of rotatable bonds is 6. The molecule has 3 amide bonds. The zero-order valence-electron chi connectivity index (χ0n) is 23.2. The molecule has 0 bridgehead atoms. The van der Waals surface area contributed by atoms with Crippen LogP contribution in [0.4, 0.5) is 10.5 Å². The molecule has 0 radical (unpaired) electrons. The topological polar surface area (TPSA) is 136 Å². The van der Waals surface area contributed by atoms with Crippen LogP contribution in [0.25, 0.3) is 22.2 Å². The lowest BCUT2D eigenvalue weighted by Gasteiger charge is -2.30. The monoisotopic (exact) mass is 553 g/mol. The molecule has 2 heterocycles. The third kappa shape index (κ3) is 5.91. The van der Waals surface area contributed by atoms with Gasteiger partial charge in [-0.05, 0) is 56.2 Å². The predicted octanol–water partition coefficient (Wildman–Crippen LogP) is 5.03. The molecule has 0 unspecified atom stereocenters. The van der Waals surface area contributed by atoms with Gasteiger partial charge in [0.1, 0.15) is 17.4 Å². The number of amides is 3. The first-order chi connectivity index (χ1) is 19.5. The Morgan fingerprint density at radius 1 is 1.07 bits per heavy atom. The Balaban J connectivity index is 1.51. The van der Waals surface area contributed by atoms with Gasteiger partial charge in [0.25, 0.3) is 5.91 Å². The van der Waals surface area contributed by atoms with E-state index in [2.05, 4.69) is 20.8 Å². The molecule has 1 aliphatic rings. The van der Waals surface area contributed by atoms with Crippen LogP contribution in [0.2, 0.25) is 0 Å². The summed E-state index contributed by atoms with van der Waals surface area (Å²) in [6.07, 6.45) is 1.12. The van der Waals surface area contributed by atoms with E-state index in [0.29, 0.717) is 22.2 Å². The number of nitrogens with zero attached hydrogens (tertiary/aromatic N) is 2. The Hall–Kier alpha value is -5.12. The van der Waals surface area contributed by atoms with Crippen LogP contribution in [0.5, 0.6) is 5.75 Å². The number of hydrogen-bond donors (Lipinski definition) is 4. The van der Waals surface area contributed by atoms with Crippen LogP contribution in [-0.2, 0) is 16.0 Å². The number of H-pyrrole nitrogens is 1. The molecule has 10 heteroatoms. The number of carbonyl (C=O) groups excluding carboxylic acids is 3. The molecule has 1 atom stereocenters. The number of likely N-dealkylation sites (N-methyl/N-ethyl adjacent to an activating group) is 1. The predicted molar refractivity (Wildman–Crippen MR) is 157 cm³/mol. The third-order valence-corrected chi connectivity index (χ3v) is 6.69. The summed E-state index contributed by atoms with van der Waals surface area (Å²) in [5.74, 6) is -0.791. The Morgan fingerprint density at radius 3 is 2.46 bits per heavy atom. The van der Waals surface area contributed by atoms with Crippen LogP contribution in [0, 0.1) is 0 Å². The van der Waals surface area contributed by atoms with E-state index >= 15 is 0 Å². The second-order valence-corrected chi connectivity index (χ2v) is 10.9. The number of aromatic nitrogens is 1. The zero-order chi connectivity index (χ0) is 29.3. The Morgan fingerprint density at radius 2 is 1.78 bits per heavy atom. The van der Waals surface area contributed by atoms with Gasteiger partial charge in [0.2, 0.25) is 5.91 Å². The lowest BCUT2D eigenvalue weighted by atomic mass is 10.0. The van der Waals surface area contributed by atoms with Crippen molar-refractivity contribution < 1.29 is 24.2 Å². The van der Waals surface area contributed by atoms with E-state index in [4.69, 9.17) is 4.74 Å². The van der Waals surface area contributed by atoms with Gasteiger partial charge in [-0.2, -0.15) is 5.10 Å². The van der Waals surface area contributed by atoms with E-state index in [0.717, 1.165) is 22.4 Å². The standard InChI is InChI=1S/C31H31N5O5/c1-31(2,3)41-30(40)36(4)25(14-18-10-12-21(37)13-11-18)29(39)33-20-15-22-26-23(17-32-35-28(22)38)27(34-24(26)16-20)19-8-6-5-7-9-19/h5-13,15-17,25,34,37H,14H2,1-4H3,(H,33,39)(H,35,38)/t25-/m1/s1. The van der Waals surface area contributed by atoms with Crippen LogP contribution in [0.15, 0.2) is 71.8 Å². The number of carbonyl (C=O) groups is 3. The minimum absolute atomic E-state index is 0.0934. The highest BCUT2D eigenvalue weighted by atomic mass is 16.6. The van der Waals surface area contributed by atoms with Crippen molar-refractivity contribution in [3.63, 3.8) is 0 Å². The van der Waals surface area contributed by atoms with E-state index < -0.39 is 29.6 Å². The zero-order valence-corrected chi connectivity index (χ0v) is 23.2. The number of hydrogen-bond acceptors (Lipinski definition) is 6. The number of benzene rings is 3. The van der Waals surface area contributed by atoms with Crippen LogP contribution >= 0.6 is 0 Å². The average molecular weight is 554 g/mol. The van der Waals surface area contributed by atoms with Gasteiger partial charge in [0, 0.05) is 35.6 Å². The Kier molecular flexibility index (Phi) is 7.23. The lowest BCUT2D eigenvalue weighted by Crippen LogP contribution is -2.48. The van der Waals surface area contributed by atoms with E-state index in [-0.39, 0.29) is 12.2 Å². The third-order valence-electron chi connectivity index (χ3n) is 6.69. The molecule has 210 valence electrons. The molecule has 4 N–H and O–H groups in total. The molecule has 0 saturated carbocycles. The first-order valence-corrected chi connectivity index (χ1v) is 13.1. The van der Waals surface area contributed by atoms with Crippen molar-refractivity contribution in [3.05, 3.63) is 83.4 Å². The summed E-state index contributed by atoms with van der Waals surface area (Å²) in [6, 6.07) is 18.5. The maximum Gasteiger partial charge on any atom is 0.410 e. The molecular formula is C31H31N5O5. The molecule has 41 heavy (non-hydrogen) atoms. The van der Waals surface area contributed by atoms with E-state index in [1.807, 2.05) is 30.3 Å². The van der Waals surface area contributed by atoms with Crippen molar-refractivity contribution in [2.45, 2.75) is 38.8 Å². The molecule has 3 aromatic carbocycles. The van der Waals surface area contributed by atoms with E-state index in [1.165, 1.54) is 24.1 Å². The molecule has 0 spiro atoms. The van der Waals surface area contributed by atoms with Gasteiger partial charge in [-0.1, -0.05) is 42.5 Å². The fraction of sp³-hybridized carbons (Fsp3) is 0.226. The minimum atomic E-state index is -0.958. The molecule has 10 nitrogen and oxygen atoms in total. The van der Waals surface area contributed by atoms with Crippen LogP contribution in [0.3, 0.4) is 0 Å². The number of aromatic amines is 1. The van der Waals surface area contributed by atoms with E-state index in [9.17, 15) is 19.5 Å². The summed E-state index contributed by atoms with van der Waals surface area (Å²) in [5.41, 5.74) is 6.34. The molecule has 0 saturated heterocycles. The largest absolute Gasteiger partial charge is 0.508 e. The quantitative estimate of drug-likeness (QED) is 0.265. The second kappa shape index (κ2) is 10.8. The van der Waals surface area contributed by atoms with Gasteiger partial charge in [-0.3, -0.25) is 14.5 Å². The van der Waals surface area contributed by atoms with Gasteiger partial charge >= 0.3 is 6.09 Å². The maximum atomic E-state index is 13.7. The highest BCUT2D eigenvalue weighted by Gasteiger charge is 2.31. The number of hydrazone groups is 1. The summed E-state index contributed by atoms with van der Waals surface area (Å²) in [5, 5.41) is 17.4. The fourth-order valence-corrected chi connectivity index (χ4v) is 4.73. The van der Waals surface area contributed by atoms with Crippen LogP contribution < -0.4 is 10.7 Å². The summed E-state index contributed by atoms with van der Waals surface area (Å²) >= 11 is 0. The number of aromatic hydroxyl groups is 1. The molecular weight excluding hydrogens is 522 g/mol. The number of ether oxygens (including phenoxy) is 1. The van der Waals surface area contributed by atoms with Gasteiger partial charge < -0.3 is 20.1 Å². The van der Waals surface area contributed by atoms with Gasteiger partial charge in [-0.25, -0.2) is 10.2 Å². The fourth-order valence-electron chi connectivity index (χ4n) is 4.73. The summed E-state index contributed by atoms with van der Waals surface area (Å²) in [4.78, 5) is 44.3. The van der Waals surface area contributed by atoms with Crippen molar-refractivity contribution in [3.8, 4) is 17.0 Å². The molecule has 0 aliphatic carbocycles. The van der Waals surface area contributed by atoms with E-state index in [1.54, 1.807) is 51.3 Å². The minimum Gasteiger partial charge on any atom is -0.508 e. The Bertz CT molecular complexity index is 1650. The van der Waals surface area contributed by atoms with Crippen molar-refractivity contribution in [2.24, 2.45) is 5.10 Å². The smallest absolute Gasteiger partial charge is 0.410 e. The first-order valence-electron chi connectivity index (χ1n) is 13.1. The van der Waals surface area contributed by atoms with Gasteiger partial charge in [0.05, 0.1) is 17.5 Å². The lowest BCUT2D eigenvalue weighted by molar-refractivity contribution is -0.120. The van der Waals surface area contributed by atoms with Crippen molar-refractivity contribution >= 4 is 40.7 Å². The highest BCUT2D eigenvalue weighted by molar-refractivity contribution is 6.18. The van der Waals surface area contributed by atoms with Crippen molar-refractivity contribution in [1.29, 1.82) is 0 Å². The van der Waals surface area contributed by atoms with Crippen molar-refractivity contribution in [2.75, 3.05) is 12.4 Å². The second-order valence-electron chi connectivity index (χ2n) is 10.9. The van der Waals surface area contributed by atoms with Gasteiger partial charge in [-0.15, -0.1) is 0 Å². The maximum absolute atomic E-state index is 13.7. The molecule has 4 aromatic rings. The van der Waals surface area contributed by atoms with Crippen molar-refractivity contribution in [1.82, 2.24) is 15.3 Å². The number of anilines is 1. The normalized spacial score (nSPS) is 13.3. The molecule has 5 rings (SSSR count). The first kappa shape index (κ1) is 27.4. The SMILES string of the molecule is CN(C(=O)OC(C)(C)C)[C@H](Cc1ccc(O)cc1)C(=O)Nc1cc2c3c(c(-c4ccccc4)[nH]c3c1)C=NNC2=O.